The third kappa shape index (κ3) is 3.15. The molecule has 1 aliphatic rings. The van der Waals surface area contributed by atoms with Gasteiger partial charge in [-0.25, -0.2) is 4.39 Å². The number of benzene rings is 2. The van der Waals surface area contributed by atoms with E-state index >= 15 is 0 Å². The summed E-state index contributed by atoms with van der Waals surface area (Å²) in [4.78, 5) is 14.9. The van der Waals surface area contributed by atoms with E-state index in [-0.39, 0.29) is 17.8 Å². The van der Waals surface area contributed by atoms with Crippen LogP contribution in [0.1, 0.15) is 29.3 Å². The molecule has 0 fully saturated rings. The number of carbonyl (C=O) groups is 1. The van der Waals surface area contributed by atoms with E-state index in [1.807, 2.05) is 35.2 Å². The first-order valence-electron chi connectivity index (χ1n) is 8.97. The van der Waals surface area contributed by atoms with Crippen molar-refractivity contribution >= 4 is 5.91 Å². The molecule has 3 aromatic rings. The Morgan fingerprint density at radius 2 is 1.73 bits per heavy atom. The molecule has 1 atom stereocenters. The standard InChI is InChI=1S/C22H21FN2O/c23-19-10-5-4-7-17(19)12-13-21(26)25-16-15-24-14-6-11-20(24)22(25)18-8-2-1-3-9-18/h1-11,14,22H,12-13,15-16H2. The Labute approximate surface area is 152 Å². The van der Waals surface area contributed by atoms with Gasteiger partial charge in [0.05, 0.1) is 6.04 Å². The van der Waals surface area contributed by atoms with Crippen molar-refractivity contribution < 1.29 is 9.18 Å². The normalized spacial score (nSPS) is 16.3. The van der Waals surface area contributed by atoms with Crippen molar-refractivity contribution in [3.63, 3.8) is 0 Å². The number of fused-ring (bicyclic) bond motifs is 1. The number of aromatic nitrogens is 1. The molecular weight excluding hydrogens is 327 g/mol. The van der Waals surface area contributed by atoms with E-state index in [0.717, 1.165) is 17.8 Å². The zero-order chi connectivity index (χ0) is 17.9. The maximum atomic E-state index is 13.9. The molecule has 0 radical (unpaired) electrons. The van der Waals surface area contributed by atoms with Crippen LogP contribution in [-0.4, -0.2) is 21.9 Å². The average molecular weight is 348 g/mol. The molecule has 0 saturated carbocycles. The van der Waals surface area contributed by atoms with Gasteiger partial charge in [0.1, 0.15) is 5.82 Å². The summed E-state index contributed by atoms with van der Waals surface area (Å²) >= 11 is 0. The number of nitrogens with zero attached hydrogens (tertiary/aromatic N) is 2. The summed E-state index contributed by atoms with van der Waals surface area (Å²) in [6, 6.07) is 20.8. The lowest BCUT2D eigenvalue weighted by Gasteiger charge is -2.37. The van der Waals surface area contributed by atoms with Gasteiger partial charge in [-0.2, -0.15) is 0 Å². The lowest BCUT2D eigenvalue weighted by Crippen LogP contribution is -2.42. The SMILES string of the molecule is O=C(CCc1ccccc1F)N1CCn2cccc2C1c1ccccc1. The summed E-state index contributed by atoms with van der Waals surface area (Å²) < 4.78 is 16.1. The smallest absolute Gasteiger partial charge is 0.223 e. The van der Waals surface area contributed by atoms with Gasteiger partial charge in [0.2, 0.25) is 5.91 Å². The molecule has 26 heavy (non-hydrogen) atoms. The molecule has 2 heterocycles. The first-order chi connectivity index (χ1) is 12.7. The Balaban J connectivity index is 1.58. The van der Waals surface area contributed by atoms with Crippen molar-refractivity contribution in [3.05, 3.63) is 95.6 Å². The Bertz CT molecular complexity index is 903. The summed E-state index contributed by atoms with van der Waals surface area (Å²) in [7, 11) is 0. The van der Waals surface area contributed by atoms with Crippen molar-refractivity contribution in [3.8, 4) is 0 Å². The number of rotatable bonds is 4. The van der Waals surface area contributed by atoms with E-state index in [4.69, 9.17) is 0 Å². The van der Waals surface area contributed by atoms with Crippen molar-refractivity contribution in [2.45, 2.75) is 25.4 Å². The molecule has 0 N–H and O–H groups in total. The number of aryl methyl sites for hydroxylation is 1. The van der Waals surface area contributed by atoms with E-state index < -0.39 is 0 Å². The van der Waals surface area contributed by atoms with Crippen molar-refractivity contribution in [2.24, 2.45) is 0 Å². The third-order valence-corrected chi connectivity index (χ3v) is 5.04. The van der Waals surface area contributed by atoms with Gasteiger partial charge in [-0.15, -0.1) is 0 Å². The molecule has 1 aliphatic heterocycles. The molecule has 4 rings (SSSR count). The van der Waals surface area contributed by atoms with Gasteiger partial charge in [0.25, 0.3) is 0 Å². The minimum atomic E-state index is -0.243. The molecule has 4 heteroatoms. The first-order valence-corrected chi connectivity index (χ1v) is 8.97. The number of hydrogen-bond acceptors (Lipinski definition) is 1. The molecule has 132 valence electrons. The van der Waals surface area contributed by atoms with Gasteiger partial charge in [-0.3, -0.25) is 4.79 Å². The maximum Gasteiger partial charge on any atom is 0.223 e. The highest BCUT2D eigenvalue weighted by atomic mass is 19.1. The van der Waals surface area contributed by atoms with Gasteiger partial charge in [-0.1, -0.05) is 48.5 Å². The summed E-state index contributed by atoms with van der Waals surface area (Å²) in [5, 5.41) is 0. The Hall–Kier alpha value is -2.88. The van der Waals surface area contributed by atoms with Crippen LogP contribution < -0.4 is 0 Å². The highest BCUT2D eigenvalue weighted by Gasteiger charge is 2.31. The largest absolute Gasteiger partial charge is 0.348 e. The Morgan fingerprint density at radius 3 is 2.54 bits per heavy atom. The third-order valence-electron chi connectivity index (χ3n) is 5.04. The van der Waals surface area contributed by atoms with Crippen LogP contribution >= 0.6 is 0 Å². The molecule has 0 saturated heterocycles. The van der Waals surface area contributed by atoms with Gasteiger partial charge in [0, 0.05) is 31.4 Å². The molecule has 0 aliphatic carbocycles. The highest BCUT2D eigenvalue weighted by Crippen LogP contribution is 2.32. The van der Waals surface area contributed by atoms with Crippen LogP contribution in [-0.2, 0) is 17.8 Å². The zero-order valence-electron chi connectivity index (χ0n) is 14.5. The first kappa shape index (κ1) is 16.6. The lowest BCUT2D eigenvalue weighted by atomic mass is 9.99. The Kier molecular flexibility index (Phi) is 4.57. The summed E-state index contributed by atoms with van der Waals surface area (Å²) in [5.41, 5.74) is 2.82. The van der Waals surface area contributed by atoms with Gasteiger partial charge in [0.15, 0.2) is 0 Å². The average Bonchev–Trinajstić information content (AvgIpc) is 3.16. The van der Waals surface area contributed by atoms with Crippen LogP contribution in [0.5, 0.6) is 0 Å². The fourth-order valence-corrected chi connectivity index (χ4v) is 3.72. The summed E-state index contributed by atoms with van der Waals surface area (Å²) in [6.45, 7) is 1.45. The fraction of sp³-hybridized carbons (Fsp3) is 0.227. The number of hydrogen-bond donors (Lipinski definition) is 0. The van der Waals surface area contributed by atoms with Gasteiger partial charge < -0.3 is 9.47 Å². The van der Waals surface area contributed by atoms with Crippen LogP contribution in [0.2, 0.25) is 0 Å². The fourth-order valence-electron chi connectivity index (χ4n) is 3.72. The van der Waals surface area contributed by atoms with Crippen LogP contribution in [0.3, 0.4) is 0 Å². The predicted octanol–water partition coefficient (Wildman–Crippen LogP) is 4.19. The molecule has 0 bridgehead atoms. The molecule has 3 nitrogen and oxygen atoms in total. The molecule has 1 unspecified atom stereocenters. The quantitative estimate of drug-likeness (QED) is 0.694. The van der Waals surface area contributed by atoms with Crippen LogP contribution in [0.15, 0.2) is 72.9 Å². The van der Waals surface area contributed by atoms with E-state index in [2.05, 4.69) is 29.0 Å². The van der Waals surface area contributed by atoms with Crippen molar-refractivity contribution in [2.75, 3.05) is 6.54 Å². The molecule has 0 spiro atoms. The monoisotopic (exact) mass is 348 g/mol. The molecular formula is C22H21FN2O. The predicted molar refractivity (Wildman–Crippen MR) is 99.2 cm³/mol. The van der Waals surface area contributed by atoms with Crippen LogP contribution in [0.4, 0.5) is 4.39 Å². The van der Waals surface area contributed by atoms with E-state index in [0.29, 0.717) is 24.9 Å². The topological polar surface area (TPSA) is 25.2 Å². The van der Waals surface area contributed by atoms with Crippen LogP contribution in [0, 0.1) is 5.82 Å². The second-order valence-electron chi connectivity index (χ2n) is 6.62. The summed E-state index contributed by atoms with van der Waals surface area (Å²) in [6.07, 6.45) is 2.79. The van der Waals surface area contributed by atoms with E-state index in [9.17, 15) is 9.18 Å². The number of amides is 1. The minimum absolute atomic E-state index is 0.0644. The second-order valence-corrected chi connectivity index (χ2v) is 6.62. The van der Waals surface area contributed by atoms with Crippen molar-refractivity contribution in [1.82, 2.24) is 9.47 Å². The van der Waals surface area contributed by atoms with Crippen LogP contribution in [0.25, 0.3) is 0 Å². The number of carbonyl (C=O) groups excluding carboxylic acids is 1. The second kappa shape index (κ2) is 7.16. The molecule has 1 amide bonds. The minimum Gasteiger partial charge on any atom is -0.348 e. The Morgan fingerprint density at radius 1 is 0.962 bits per heavy atom. The van der Waals surface area contributed by atoms with Gasteiger partial charge >= 0.3 is 0 Å². The summed E-state index contributed by atoms with van der Waals surface area (Å²) in [5.74, 6) is -0.179. The lowest BCUT2D eigenvalue weighted by molar-refractivity contribution is -0.133. The maximum absolute atomic E-state index is 13.9. The van der Waals surface area contributed by atoms with E-state index in [1.165, 1.54) is 6.07 Å². The molecule has 1 aromatic heterocycles. The van der Waals surface area contributed by atoms with Gasteiger partial charge in [-0.05, 0) is 35.7 Å². The van der Waals surface area contributed by atoms with E-state index in [1.54, 1.807) is 12.1 Å². The highest BCUT2D eigenvalue weighted by molar-refractivity contribution is 5.77. The van der Waals surface area contributed by atoms with Crippen molar-refractivity contribution in [1.29, 1.82) is 0 Å². The number of halogens is 1. The molecule has 2 aromatic carbocycles. The zero-order valence-corrected chi connectivity index (χ0v) is 14.5.